The van der Waals surface area contributed by atoms with E-state index in [-0.39, 0.29) is 12.8 Å². The van der Waals surface area contributed by atoms with Crippen molar-refractivity contribution in [3.63, 3.8) is 0 Å². The van der Waals surface area contributed by atoms with Gasteiger partial charge >= 0.3 is 0 Å². The van der Waals surface area contributed by atoms with Crippen LogP contribution in [0.4, 0.5) is 5.69 Å². The number of anilines is 1. The van der Waals surface area contributed by atoms with Crippen molar-refractivity contribution in [1.29, 1.82) is 0 Å². The van der Waals surface area contributed by atoms with Gasteiger partial charge in [-0.3, -0.25) is 4.79 Å². The van der Waals surface area contributed by atoms with Crippen molar-refractivity contribution < 1.29 is 17.9 Å². The lowest BCUT2D eigenvalue weighted by Gasteiger charge is -2.34. The number of piperidine rings is 1. The Balaban J connectivity index is 2.20. The Kier molecular flexibility index (Phi) is 5.43. The summed E-state index contributed by atoms with van der Waals surface area (Å²) in [6.07, 6.45) is 3.29. The number of carbonyl (C=O) groups excluding carboxylic acids is 1. The van der Waals surface area contributed by atoms with Crippen LogP contribution in [0.5, 0.6) is 5.75 Å². The van der Waals surface area contributed by atoms with Crippen molar-refractivity contribution in [3.8, 4) is 5.75 Å². The van der Waals surface area contributed by atoms with E-state index in [1.807, 2.05) is 0 Å². The minimum absolute atomic E-state index is 0.268. The number of amides is 1. The van der Waals surface area contributed by atoms with Gasteiger partial charge in [0.1, 0.15) is 12.4 Å². The van der Waals surface area contributed by atoms with Crippen LogP contribution in [-0.4, -0.2) is 45.0 Å². The molecule has 1 fully saturated rings. The number of carbonyl (C=O) groups is 1. The highest BCUT2D eigenvalue weighted by Crippen LogP contribution is 2.30. The zero-order valence-corrected chi connectivity index (χ0v) is 14.0. The fourth-order valence-corrected chi connectivity index (χ4v) is 3.99. The summed E-state index contributed by atoms with van der Waals surface area (Å²) in [7, 11) is -3.53. The van der Waals surface area contributed by atoms with Crippen LogP contribution < -0.4 is 15.4 Å². The molecule has 0 bridgehead atoms. The van der Waals surface area contributed by atoms with E-state index in [2.05, 4.69) is 17.2 Å². The molecule has 1 saturated heterocycles. The van der Waals surface area contributed by atoms with Crippen LogP contribution in [0.25, 0.3) is 0 Å². The molecule has 0 aliphatic carbocycles. The predicted octanol–water partition coefficient (Wildman–Crippen LogP) is 1.36. The van der Waals surface area contributed by atoms with Gasteiger partial charge < -0.3 is 15.4 Å². The van der Waals surface area contributed by atoms with Crippen LogP contribution in [-0.2, 0) is 14.6 Å². The van der Waals surface area contributed by atoms with Crippen LogP contribution in [0.2, 0.25) is 0 Å². The van der Waals surface area contributed by atoms with Crippen molar-refractivity contribution >= 4 is 21.4 Å². The average Bonchev–Trinajstić information content (AvgIpc) is 2.53. The van der Waals surface area contributed by atoms with Gasteiger partial charge in [0, 0.05) is 18.0 Å². The predicted molar refractivity (Wildman–Crippen MR) is 90.4 cm³/mol. The van der Waals surface area contributed by atoms with Gasteiger partial charge in [0.05, 0.1) is 0 Å². The topological polar surface area (TPSA) is 84.5 Å². The van der Waals surface area contributed by atoms with Crippen molar-refractivity contribution in [3.05, 3.63) is 36.9 Å². The molecule has 23 heavy (non-hydrogen) atoms. The lowest BCUT2D eigenvalue weighted by atomic mass is 9.95. The Morgan fingerprint density at radius 1 is 1.43 bits per heavy atom. The fourth-order valence-electron chi connectivity index (χ4n) is 2.66. The van der Waals surface area contributed by atoms with Gasteiger partial charge in [-0.05, 0) is 38.1 Å². The number of sulfone groups is 1. The highest BCUT2D eigenvalue weighted by molar-refractivity contribution is 7.92. The van der Waals surface area contributed by atoms with Gasteiger partial charge in [-0.2, -0.15) is 0 Å². The second-order valence-electron chi connectivity index (χ2n) is 5.60. The molecule has 0 saturated carbocycles. The molecule has 1 aliphatic heterocycles. The molecule has 0 unspecified atom stereocenters. The number of ether oxygens (including phenoxy) is 1. The normalized spacial score (nSPS) is 17.3. The number of rotatable bonds is 6. The van der Waals surface area contributed by atoms with E-state index in [1.165, 1.54) is 0 Å². The van der Waals surface area contributed by atoms with Gasteiger partial charge in [0.15, 0.2) is 14.6 Å². The molecule has 0 spiro atoms. The smallest absolute Gasteiger partial charge is 0.245 e. The number of nitrogens with one attached hydrogen (secondary N) is 2. The van der Waals surface area contributed by atoms with Gasteiger partial charge in [-0.25, -0.2) is 8.42 Å². The summed E-state index contributed by atoms with van der Waals surface area (Å²) in [6.45, 7) is 4.94. The fraction of sp³-hybridized carbons (Fsp3) is 0.438. The first-order chi connectivity index (χ1) is 10.9. The van der Waals surface area contributed by atoms with Crippen LogP contribution >= 0.6 is 0 Å². The lowest BCUT2D eigenvalue weighted by Crippen LogP contribution is -2.55. The highest BCUT2D eigenvalue weighted by atomic mass is 32.2. The molecule has 0 atom stereocenters. The molecular formula is C16H22N2O4S. The molecule has 1 aromatic carbocycles. The molecule has 7 heteroatoms. The van der Waals surface area contributed by atoms with Crippen molar-refractivity contribution in [1.82, 2.24) is 5.32 Å². The van der Waals surface area contributed by atoms with Crippen molar-refractivity contribution in [2.24, 2.45) is 0 Å². The van der Waals surface area contributed by atoms with Gasteiger partial charge in [0.2, 0.25) is 5.91 Å². The molecule has 2 N–H and O–H groups in total. The summed E-state index contributed by atoms with van der Waals surface area (Å²) in [6, 6.07) is 6.87. The first-order valence-corrected chi connectivity index (χ1v) is 9.34. The van der Waals surface area contributed by atoms with E-state index < -0.39 is 20.5 Å². The number of hydrogen-bond acceptors (Lipinski definition) is 5. The van der Waals surface area contributed by atoms with E-state index in [0.29, 0.717) is 31.1 Å². The van der Waals surface area contributed by atoms with E-state index in [4.69, 9.17) is 4.74 Å². The standard InChI is InChI=1S/C16H22N2O4S/c1-3-11-22-14-6-4-5-13(12-14)18-15(19)16(23(2,20)21)7-9-17-10-8-16/h3-6,12,17H,1,7-11H2,2H3,(H,18,19). The number of benzene rings is 1. The first-order valence-electron chi connectivity index (χ1n) is 7.44. The third-order valence-corrected chi connectivity index (χ3v) is 6.01. The largest absolute Gasteiger partial charge is 0.489 e. The SMILES string of the molecule is C=CCOc1cccc(NC(=O)C2(S(C)(=O)=O)CCNCC2)c1. The van der Waals surface area contributed by atoms with E-state index >= 15 is 0 Å². The molecule has 1 amide bonds. The monoisotopic (exact) mass is 338 g/mol. The maximum absolute atomic E-state index is 12.7. The van der Waals surface area contributed by atoms with E-state index in [9.17, 15) is 13.2 Å². The molecule has 0 aromatic heterocycles. The molecule has 1 heterocycles. The molecule has 0 radical (unpaired) electrons. The van der Waals surface area contributed by atoms with Crippen molar-refractivity contribution in [2.75, 3.05) is 31.3 Å². The summed E-state index contributed by atoms with van der Waals surface area (Å²) in [5, 5.41) is 5.81. The third-order valence-electron chi connectivity index (χ3n) is 3.99. The Morgan fingerprint density at radius 3 is 2.74 bits per heavy atom. The van der Waals surface area contributed by atoms with Gasteiger partial charge in [-0.1, -0.05) is 18.7 Å². The van der Waals surface area contributed by atoms with Crippen LogP contribution in [0.1, 0.15) is 12.8 Å². The molecule has 1 aromatic rings. The highest BCUT2D eigenvalue weighted by Gasteiger charge is 2.48. The Hall–Kier alpha value is -1.86. The summed E-state index contributed by atoms with van der Waals surface area (Å²) in [5.74, 6) is 0.101. The first kappa shape index (κ1) is 17.5. The molecule has 1 aliphatic rings. The van der Waals surface area contributed by atoms with Crippen molar-refractivity contribution in [2.45, 2.75) is 17.6 Å². The minimum Gasteiger partial charge on any atom is -0.489 e. The molecule has 126 valence electrons. The third kappa shape index (κ3) is 3.92. The summed E-state index contributed by atoms with van der Waals surface area (Å²) >= 11 is 0. The Bertz CT molecular complexity index is 679. The minimum atomic E-state index is -3.53. The second kappa shape index (κ2) is 7.14. The van der Waals surface area contributed by atoms with E-state index in [0.717, 1.165) is 6.26 Å². The van der Waals surface area contributed by atoms with Crippen LogP contribution in [0, 0.1) is 0 Å². The van der Waals surface area contributed by atoms with E-state index in [1.54, 1.807) is 30.3 Å². The van der Waals surface area contributed by atoms with Gasteiger partial charge in [-0.15, -0.1) is 0 Å². The maximum Gasteiger partial charge on any atom is 0.245 e. The Labute approximate surface area is 136 Å². The number of hydrogen-bond donors (Lipinski definition) is 2. The summed E-state index contributed by atoms with van der Waals surface area (Å²) < 4.78 is 28.5. The summed E-state index contributed by atoms with van der Waals surface area (Å²) in [4.78, 5) is 12.7. The molecule has 2 rings (SSSR count). The van der Waals surface area contributed by atoms with Crippen LogP contribution in [0.15, 0.2) is 36.9 Å². The lowest BCUT2D eigenvalue weighted by molar-refractivity contribution is -0.119. The summed E-state index contributed by atoms with van der Waals surface area (Å²) in [5.41, 5.74) is 0.512. The average molecular weight is 338 g/mol. The quantitative estimate of drug-likeness (QED) is 0.765. The molecular weight excluding hydrogens is 316 g/mol. The molecule has 6 nitrogen and oxygen atoms in total. The van der Waals surface area contributed by atoms with Gasteiger partial charge in [0.25, 0.3) is 0 Å². The van der Waals surface area contributed by atoms with Crippen LogP contribution in [0.3, 0.4) is 0 Å². The second-order valence-corrected chi connectivity index (χ2v) is 7.92. The Morgan fingerprint density at radius 2 is 2.13 bits per heavy atom. The maximum atomic E-state index is 12.7. The zero-order valence-electron chi connectivity index (χ0n) is 13.2. The zero-order chi connectivity index (χ0) is 16.9.